The second kappa shape index (κ2) is 5.86. The standard InChI is InChI=1S/C14H15N3O2/c1-17-9-5-6-11(13(17)18)10-15-14(19)16-12-7-3-2-4-8-12/h2-9H,10H2,1H3,(H2,15,16,19). The first-order chi connectivity index (χ1) is 9.16. The molecule has 0 saturated carbocycles. The van der Waals surface area contributed by atoms with Crippen molar-refractivity contribution in [1.29, 1.82) is 0 Å². The lowest BCUT2D eigenvalue weighted by Gasteiger charge is -2.07. The van der Waals surface area contributed by atoms with Crippen molar-refractivity contribution >= 4 is 11.7 Å². The van der Waals surface area contributed by atoms with Gasteiger partial charge in [-0.25, -0.2) is 4.79 Å². The maximum absolute atomic E-state index is 11.7. The average molecular weight is 257 g/mol. The molecule has 0 aliphatic rings. The van der Waals surface area contributed by atoms with Crippen molar-refractivity contribution < 1.29 is 4.79 Å². The molecule has 0 unspecified atom stereocenters. The predicted octanol–water partition coefficient (Wildman–Crippen LogP) is 1.71. The number of nitrogens with one attached hydrogen (secondary N) is 2. The van der Waals surface area contributed by atoms with Gasteiger partial charge in [-0.3, -0.25) is 4.79 Å². The van der Waals surface area contributed by atoms with Crippen LogP contribution in [-0.2, 0) is 13.6 Å². The fourth-order valence-corrected chi connectivity index (χ4v) is 1.66. The highest BCUT2D eigenvalue weighted by Crippen LogP contribution is 2.04. The van der Waals surface area contributed by atoms with Crippen LogP contribution in [0.2, 0.25) is 0 Å². The minimum atomic E-state index is -0.336. The van der Waals surface area contributed by atoms with Crippen LogP contribution in [0.25, 0.3) is 0 Å². The highest BCUT2D eigenvalue weighted by Gasteiger charge is 2.04. The third-order valence-corrected chi connectivity index (χ3v) is 2.67. The summed E-state index contributed by atoms with van der Waals surface area (Å²) in [5.41, 5.74) is 1.15. The van der Waals surface area contributed by atoms with Gasteiger partial charge in [0.05, 0.1) is 0 Å². The third kappa shape index (κ3) is 3.45. The molecule has 5 nitrogen and oxygen atoms in total. The lowest BCUT2D eigenvalue weighted by Crippen LogP contribution is -2.31. The Morgan fingerprint density at radius 2 is 1.89 bits per heavy atom. The van der Waals surface area contributed by atoms with Gasteiger partial charge in [0.2, 0.25) is 0 Å². The van der Waals surface area contributed by atoms with Crippen molar-refractivity contribution in [3.05, 3.63) is 64.6 Å². The van der Waals surface area contributed by atoms with E-state index in [2.05, 4.69) is 10.6 Å². The number of rotatable bonds is 3. The molecule has 2 N–H and O–H groups in total. The number of anilines is 1. The maximum Gasteiger partial charge on any atom is 0.319 e. The van der Waals surface area contributed by atoms with Crippen LogP contribution in [-0.4, -0.2) is 10.6 Å². The van der Waals surface area contributed by atoms with Crippen molar-refractivity contribution in [1.82, 2.24) is 9.88 Å². The number of aromatic nitrogens is 1. The smallest absolute Gasteiger partial charge is 0.319 e. The zero-order valence-corrected chi connectivity index (χ0v) is 10.6. The molecule has 0 aliphatic carbocycles. The summed E-state index contributed by atoms with van der Waals surface area (Å²) in [6.45, 7) is 0.201. The summed E-state index contributed by atoms with van der Waals surface area (Å²) < 4.78 is 1.48. The lowest BCUT2D eigenvalue weighted by molar-refractivity contribution is 0.251. The molecule has 5 heteroatoms. The predicted molar refractivity (Wildman–Crippen MR) is 74.0 cm³/mol. The second-order valence-electron chi connectivity index (χ2n) is 4.12. The first-order valence-electron chi connectivity index (χ1n) is 5.91. The summed E-state index contributed by atoms with van der Waals surface area (Å²) in [7, 11) is 1.68. The number of amides is 2. The van der Waals surface area contributed by atoms with E-state index < -0.39 is 0 Å². The Hall–Kier alpha value is -2.56. The van der Waals surface area contributed by atoms with E-state index in [0.29, 0.717) is 11.3 Å². The van der Waals surface area contributed by atoms with Gasteiger partial charge >= 0.3 is 6.03 Å². The summed E-state index contributed by atoms with van der Waals surface area (Å²) in [5, 5.41) is 5.34. The first-order valence-corrected chi connectivity index (χ1v) is 5.91. The highest BCUT2D eigenvalue weighted by molar-refractivity contribution is 5.89. The van der Waals surface area contributed by atoms with Crippen LogP contribution < -0.4 is 16.2 Å². The molecule has 98 valence electrons. The molecule has 1 heterocycles. The number of carbonyl (C=O) groups is 1. The van der Waals surface area contributed by atoms with Crippen LogP contribution in [0.15, 0.2) is 53.5 Å². The van der Waals surface area contributed by atoms with Crippen LogP contribution in [0.5, 0.6) is 0 Å². The molecule has 0 atom stereocenters. The van der Waals surface area contributed by atoms with E-state index in [1.165, 1.54) is 4.57 Å². The first kappa shape index (κ1) is 12.9. The molecule has 0 radical (unpaired) electrons. The van der Waals surface area contributed by atoms with Crippen LogP contribution >= 0.6 is 0 Å². The van der Waals surface area contributed by atoms with Gasteiger partial charge in [0.25, 0.3) is 5.56 Å². The molecule has 1 aromatic heterocycles. The van der Waals surface area contributed by atoms with Crippen LogP contribution in [0, 0.1) is 0 Å². The summed E-state index contributed by atoms with van der Waals surface area (Å²) in [4.78, 5) is 23.4. The van der Waals surface area contributed by atoms with E-state index in [9.17, 15) is 9.59 Å². The van der Waals surface area contributed by atoms with Crippen LogP contribution in [0.3, 0.4) is 0 Å². The van der Waals surface area contributed by atoms with Gasteiger partial charge in [-0.05, 0) is 18.2 Å². The van der Waals surface area contributed by atoms with Crippen LogP contribution in [0.4, 0.5) is 10.5 Å². The Morgan fingerprint density at radius 3 is 2.63 bits per heavy atom. The monoisotopic (exact) mass is 257 g/mol. The van der Waals surface area contributed by atoms with Crippen molar-refractivity contribution in [2.24, 2.45) is 7.05 Å². The Balaban J connectivity index is 1.94. The zero-order valence-electron chi connectivity index (χ0n) is 10.6. The number of para-hydroxylation sites is 1. The summed E-state index contributed by atoms with van der Waals surface area (Å²) in [6.07, 6.45) is 1.68. The van der Waals surface area contributed by atoms with Gasteiger partial charge < -0.3 is 15.2 Å². The molecule has 0 saturated heterocycles. The van der Waals surface area contributed by atoms with Crippen molar-refractivity contribution in [2.75, 3.05) is 5.32 Å². The summed E-state index contributed by atoms with van der Waals surface area (Å²) in [6, 6.07) is 12.3. The quantitative estimate of drug-likeness (QED) is 0.879. The lowest BCUT2D eigenvalue weighted by atomic mass is 10.3. The Bertz CT molecular complexity index is 620. The minimum absolute atomic E-state index is 0.109. The number of pyridine rings is 1. The molecular formula is C14H15N3O2. The molecular weight excluding hydrogens is 242 g/mol. The number of aryl methyl sites for hydroxylation is 1. The summed E-state index contributed by atoms with van der Waals surface area (Å²) in [5.74, 6) is 0. The van der Waals surface area contributed by atoms with Gasteiger partial charge in [0.1, 0.15) is 0 Å². The number of benzene rings is 1. The largest absolute Gasteiger partial charge is 0.334 e. The van der Waals surface area contributed by atoms with E-state index in [-0.39, 0.29) is 18.1 Å². The molecule has 2 aromatic rings. The van der Waals surface area contributed by atoms with Gasteiger partial charge in [-0.2, -0.15) is 0 Å². The number of hydrogen-bond acceptors (Lipinski definition) is 2. The van der Waals surface area contributed by atoms with E-state index in [4.69, 9.17) is 0 Å². The topological polar surface area (TPSA) is 63.1 Å². The van der Waals surface area contributed by atoms with Crippen molar-refractivity contribution in [3.63, 3.8) is 0 Å². The van der Waals surface area contributed by atoms with Gasteiger partial charge in [-0.1, -0.05) is 24.3 Å². The molecule has 0 spiro atoms. The molecule has 2 amide bonds. The molecule has 0 fully saturated rings. The number of hydrogen-bond donors (Lipinski definition) is 2. The van der Waals surface area contributed by atoms with E-state index in [0.717, 1.165) is 0 Å². The SMILES string of the molecule is Cn1cccc(CNC(=O)Nc2ccccc2)c1=O. The Labute approximate surface area is 110 Å². The van der Waals surface area contributed by atoms with Gasteiger partial charge in [-0.15, -0.1) is 0 Å². The number of carbonyl (C=O) groups excluding carboxylic acids is 1. The van der Waals surface area contributed by atoms with E-state index in [1.54, 1.807) is 37.5 Å². The Morgan fingerprint density at radius 1 is 1.16 bits per heavy atom. The fraction of sp³-hybridized carbons (Fsp3) is 0.143. The minimum Gasteiger partial charge on any atom is -0.334 e. The molecule has 19 heavy (non-hydrogen) atoms. The highest BCUT2D eigenvalue weighted by atomic mass is 16.2. The Kier molecular flexibility index (Phi) is 3.97. The van der Waals surface area contributed by atoms with E-state index in [1.807, 2.05) is 18.2 Å². The third-order valence-electron chi connectivity index (χ3n) is 2.67. The fourth-order valence-electron chi connectivity index (χ4n) is 1.66. The van der Waals surface area contributed by atoms with E-state index >= 15 is 0 Å². The van der Waals surface area contributed by atoms with Crippen molar-refractivity contribution in [2.45, 2.75) is 6.54 Å². The normalized spacial score (nSPS) is 9.95. The average Bonchev–Trinajstić information content (AvgIpc) is 2.42. The summed E-state index contributed by atoms with van der Waals surface area (Å²) >= 11 is 0. The molecule has 0 aliphatic heterocycles. The zero-order chi connectivity index (χ0) is 13.7. The van der Waals surface area contributed by atoms with Crippen molar-refractivity contribution in [3.8, 4) is 0 Å². The number of urea groups is 1. The molecule has 1 aromatic carbocycles. The number of nitrogens with zero attached hydrogens (tertiary/aromatic N) is 1. The molecule has 0 bridgehead atoms. The van der Waals surface area contributed by atoms with Gasteiger partial charge in [0.15, 0.2) is 0 Å². The second-order valence-corrected chi connectivity index (χ2v) is 4.12. The van der Waals surface area contributed by atoms with Gasteiger partial charge in [0, 0.05) is 31.0 Å². The van der Waals surface area contributed by atoms with Crippen LogP contribution in [0.1, 0.15) is 5.56 Å². The molecule has 2 rings (SSSR count). The maximum atomic E-state index is 11.7.